The molecule has 0 fully saturated rings. The number of hydrogen-bond donors (Lipinski definition) is 1. The number of rotatable bonds is 5. The first kappa shape index (κ1) is 15.1. The van der Waals surface area contributed by atoms with Crippen LogP contribution in [0.5, 0.6) is 17.2 Å². The second-order valence-electron chi connectivity index (χ2n) is 4.37. The van der Waals surface area contributed by atoms with Crippen LogP contribution in [0.2, 0.25) is 0 Å². The molecular formula is C16H17FO4. The van der Waals surface area contributed by atoms with Crippen LogP contribution in [0.3, 0.4) is 0 Å². The van der Waals surface area contributed by atoms with Gasteiger partial charge in [0.1, 0.15) is 17.6 Å². The molecule has 0 aliphatic rings. The first-order chi connectivity index (χ1) is 10.1. The summed E-state index contributed by atoms with van der Waals surface area (Å²) >= 11 is 0. The highest BCUT2D eigenvalue weighted by atomic mass is 19.1. The highest BCUT2D eigenvalue weighted by Crippen LogP contribution is 2.35. The van der Waals surface area contributed by atoms with Crippen molar-refractivity contribution in [2.45, 2.75) is 6.10 Å². The number of aliphatic hydroxyl groups excluding tert-OH is 1. The molecule has 112 valence electrons. The Hall–Kier alpha value is -2.27. The van der Waals surface area contributed by atoms with Crippen LogP contribution >= 0.6 is 0 Å². The molecule has 0 radical (unpaired) electrons. The van der Waals surface area contributed by atoms with Crippen LogP contribution in [0.4, 0.5) is 4.39 Å². The van der Waals surface area contributed by atoms with Gasteiger partial charge in [-0.15, -0.1) is 0 Å². The van der Waals surface area contributed by atoms with E-state index in [-0.39, 0.29) is 11.3 Å². The summed E-state index contributed by atoms with van der Waals surface area (Å²) in [6, 6.07) is 9.60. The van der Waals surface area contributed by atoms with Crippen molar-refractivity contribution in [3.63, 3.8) is 0 Å². The molecule has 4 nitrogen and oxygen atoms in total. The first-order valence-corrected chi connectivity index (χ1v) is 6.34. The zero-order chi connectivity index (χ0) is 15.4. The molecule has 0 bridgehead atoms. The fourth-order valence-electron chi connectivity index (χ4n) is 2.12. The number of hydrogen-bond acceptors (Lipinski definition) is 4. The second-order valence-corrected chi connectivity index (χ2v) is 4.37. The summed E-state index contributed by atoms with van der Waals surface area (Å²) in [5, 5.41) is 10.5. The molecular weight excluding hydrogens is 275 g/mol. The monoisotopic (exact) mass is 292 g/mol. The lowest BCUT2D eigenvalue weighted by Gasteiger charge is -2.17. The van der Waals surface area contributed by atoms with E-state index in [0.717, 1.165) is 0 Å². The maximum absolute atomic E-state index is 14.3. The summed E-state index contributed by atoms with van der Waals surface area (Å²) < 4.78 is 29.5. The molecule has 1 N–H and O–H groups in total. The minimum atomic E-state index is -1.19. The minimum absolute atomic E-state index is 0.0772. The Balaban J connectivity index is 2.51. The Bertz CT molecular complexity index is 628. The van der Waals surface area contributed by atoms with Crippen molar-refractivity contribution in [2.24, 2.45) is 0 Å². The molecule has 0 heterocycles. The molecule has 0 saturated heterocycles. The zero-order valence-electron chi connectivity index (χ0n) is 12.1. The SMILES string of the molecule is COc1ccc(OC)c(C(O)c2cccc(OC)c2F)c1. The highest BCUT2D eigenvalue weighted by Gasteiger charge is 2.21. The number of ether oxygens (including phenoxy) is 3. The fourth-order valence-corrected chi connectivity index (χ4v) is 2.12. The Labute approximate surface area is 122 Å². The molecule has 0 spiro atoms. The first-order valence-electron chi connectivity index (χ1n) is 6.34. The van der Waals surface area contributed by atoms with Gasteiger partial charge in [-0.05, 0) is 24.3 Å². The third-order valence-corrected chi connectivity index (χ3v) is 3.24. The number of halogens is 1. The fraction of sp³-hybridized carbons (Fsp3) is 0.250. The summed E-state index contributed by atoms with van der Waals surface area (Å²) in [4.78, 5) is 0. The summed E-state index contributed by atoms with van der Waals surface area (Å²) in [6.07, 6.45) is -1.19. The zero-order valence-corrected chi connectivity index (χ0v) is 12.1. The smallest absolute Gasteiger partial charge is 0.171 e. The van der Waals surface area contributed by atoms with E-state index in [1.54, 1.807) is 24.3 Å². The van der Waals surface area contributed by atoms with Gasteiger partial charge in [0.15, 0.2) is 11.6 Å². The van der Waals surface area contributed by atoms with E-state index in [1.807, 2.05) is 0 Å². The minimum Gasteiger partial charge on any atom is -0.497 e. The van der Waals surface area contributed by atoms with Crippen LogP contribution in [0.15, 0.2) is 36.4 Å². The molecule has 0 saturated carbocycles. The van der Waals surface area contributed by atoms with E-state index in [9.17, 15) is 9.50 Å². The summed E-state index contributed by atoms with van der Waals surface area (Å²) in [7, 11) is 4.38. The standard InChI is InChI=1S/C16H17FO4/c1-19-10-7-8-13(20-2)12(9-10)16(18)11-5-4-6-14(21-3)15(11)17/h4-9,16,18H,1-3H3. The number of benzene rings is 2. The van der Waals surface area contributed by atoms with Gasteiger partial charge in [0.2, 0.25) is 0 Å². The van der Waals surface area contributed by atoms with Gasteiger partial charge in [-0.2, -0.15) is 0 Å². The normalized spacial score (nSPS) is 11.9. The van der Waals surface area contributed by atoms with E-state index in [4.69, 9.17) is 14.2 Å². The summed E-state index contributed by atoms with van der Waals surface area (Å²) in [6.45, 7) is 0. The highest BCUT2D eigenvalue weighted by molar-refractivity contribution is 5.46. The molecule has 0 aliphatic heterocycles. The lowest BCUT2D eigenvalue weighted by Crippen LogP contribution is -2.06. The topological polar surface area (TPSA) is 47.9 Å². The molecule has 0 aliphatic carbocycles. The predicted molar refractivity (Wildman–Crippen MR) is 76.6 cm³/mol. The molecule has 1 unspecified atom stereocenters. The Morgan fingerprint density at radius 3 is 2.24 bits per heavy atom. The van der Waals surface area contributed by atoms with Gasteiger partial charge >= 0.3 is 0 Å². The number of aliphatic hydroxyl groups is 1. The third-order valence-electron chi connectivity index (χ3n) is 3.24. The van der Waals surface area contributed by atoms with Crippen LogP contribution in [0, 0.1) is 5.82 Å². The lowest BCUT2D eigenvalue weighted by atomic mass is 9.99. The maximum atomic E-state index is 14.3. The van der Waals surface area contributed by atoms with Crippen molar-refractivity contribution >= 4 is 0 Å². The van der Waals surface area contributed by atoms with Crippen LogP contribution in [0.25, 0.3) is 0 Å². The van der Waals surface area contributed by atoms with Crippen molar-refractivity contribution < 1.29 is 23.7 Å². The predicted octanol–water partition coefficient (Wildman–Crippen LogP) is 2.93. The van der Waals surface area contributed by atoms with Crippen molar-refractivity contribution in [1.29, 1.82) is 0 Å². The average molecular weight is 292 g/mol. The van der Waals surface area contributed by atoms with Crippen molar-refractivity contribution in [1.82, 2.24) is 0 Å². The van der Waals surface area contributed by atoms with Crippen LogP contribution < -0.4 is 14.2 Å². The maximum Gasteiger partial charge on any atom is 0.171 e. The van der Waals surface area contributed by atoms with Gasteiger partial charge in [-0.3, -0.25) is 0 Å². The largest absolute Gasteiger partial charge is 0.497 e. The molecule has 0 amide bonds. The molecule has 2 rings (SSSR count). The Morgan fingerprint density at radius 2 is 1.62 bits per heavy atom. The van der Waals surface area contributed by atoms with Gasteiger partial charge < -0.3 is 19.3 Å². The van der Waals surface area contributed by atoms with E-state index in [1.165, 1.54) is 33.5 Å². The van der Waals surface area contributed by atoms with Gasteiger partial charge in [0.05, 0.1) is 21.3 Å². The summed E-state index contributed by atoms with van der Waals surface area (Å²) in [5.74, 6) is 0.476. The van der Waals surface area contributed by atoms with E-state index in [0.29, 0.717) is 17.1 Å². The van der Waals surface area contributed by atoms with Crippen molar-refractivity contribution in [3.05, 3.63) is 53.3 Å². The Morgan fingerprint density at radius 1 is 0.905 bits per heavy atom. The van der Waals surface area contributed by atoms with Gasteiger partial charge in [-0.1, -0.05) is 12.1 Å². The Kier molecular flexibility index (Phi) is 4.65. The van der Waals surface area contributed by atoms with E-state index >= 15 is 0 Å². The van der Waals surface area contributed by atoms with Crippen molar-refractivity contribution in [3.8, 4) is 17.2 Å². The average Bonchev–Trinajstić information content (AvgIpc) is 2.53. The van der Waals surface area contributed by atoms with Gasteiger partial charge in [-0.25, -0.2) is 4.39 Å². The van der Waals surface area contributed by atoms with Crippen LogP contribution in [0.1, 0.15) is 17.2 Å². The van der Waals surface area contributed by atoms with E-state index < -0.39 is 11.9 Å². The third kappa shape index (κ3) is 2.92. The summed E-state index contributed by atoms with van der Waals surface area (Å²) in [5.41, 5.74) is 0.532. The van der Waals surface area contributed by atoms with E-state index in [2.05, 4.69) is 0 Å². The molecule has 21 heavy (non-hydrogen) atoms. The quantitative estimate of drug-likeness (QED) is 0.920. The molecule has 5 heteroatoms. The van der Waals surface area contributed by atoms with Crippen LogP contribution in [-0.2, 0) is 0 Å². The van der Waals surface area contributed by atoms with Crippen LogP contribution in [-0.4, -0.2) is 26.4 Å². The number of methoxy groups -OCH3 is 3. The lowest BCUT2D eigenvalue weighted by molar-refractivity contribution is 0.207. The van der Waals surface area contributed by atoms with Gasteiger partial charge in [0.25, 0.3) is 0 Å². The second kappa shape index (κ2) is 6.45. The van der Waals surface area contributed by atoms with Crippen molar-refractivity contribution in [2.75, 3.05) is 21.3 Å². The molecule has 0 aromatic heterocycles. The molecule has 1 atom stereocenters. The van der Waals surface area contributed by atoms with Gasteiger partial charge in [0, 0.05) is 11.1 Å². The molecule has 2 aromatic carbocycles. The molecule has 2 aromatic rings.